The number of hydrogen-bond acceptors (Lipinski definition) is 7. The van der Waals surface area contributed by atoms with Crippen molar-refractivity contribution in [2.45, 2.75) is 13.5 Å². The SMILES string of the molecule is Cc1ccc(-c2noc(CN3CCN(c4ncnc5ccc(F)cc45)CC3)n2)cc1. The molecule has 1 saturated heterocycles. The predicted octanol–water partition coefficient (Wildman–Crippen LogP) is 3.45. The normalized spacial score (nSPS) is 15.1. The topological polar surface area (TPSA) is 71.2 Å². The van der Waals surface area contributed by atoms with Crippen LogP contribution in [0.2, 0.25) is 0 Å². The van der Waals surface area contributed by atoms with Gasteiger partial charge in [0, 0.05) is 37.1 Å². The molecule has 0 atom stereocenters. The highest BCUT2D eigenvalue weighted by Crippen LogP contribution is 2.25. The molecule has 0 aliphatic carbocycles. The van der Waals surface area contributed by atoms with E-state index in [1.54, 1.807) is 6.07 Å². The van der Waals surface area contributed by atoms with E-state index in [-0.39, 0.29) is 5.82 Å². The van der Waals surface area contributed by atoms with Gasteiger partial charge in [-0.15, -0.1) is 0 Å². The van der Waals surface area contributed by atoms with E-state index < -0.39 is 0 Å². The van der Waals surface area contributed by atoms with Crippen LogP contribution in [0.1, 0.15) is 11.5 Å². The van der Waals surface area contributed by atoms with Crippen LogP contribution in [0.25, 0.3) is 22.3 Å². The molecule has 0 saturated carbocycles. The average molecular weight is 404 g/mol. The minimum atomic E-state index is -0.280. The second-order valence-corrected chi connectivity index (χ2v) is 7.50. The number of halogens is 1. The standard InChI is InChI=1S/C22H21FN6O/c1-15-2-4-16(5-3-15)21-26-20(30-27-21)13-28-8-10-29(11-9-28)22-18-12-17(23)6-7-19(18)24-14-25-22/h2-7,12,14H,8-11,13H2,1H3. The van der Waals surface area contributed by atoms with Crippen LogP contribution in [-0.4, -0.2) is 51.2 Å². The summed E-state index contributed by atoms with van der Waals surface area (Å²) in [6.45, 7) is 5.85. The van der Waals surface area contributed by atoms with Crippen LogP contribution < -0.4 is 4.90 Å². The van der Waals surface area contributed by atoms with Gasteiger partial charge in [0.05, 0.1) is 12.1 Å². The Morgan fingerprint density at radius 3 is 2.60 bits per heavy atom. The number of fused-ring (bicyclic) bond motifs is 1. The fraction of sp³-hybridized carbons (Fsp3) is 0.273. The number of rotatable bonds is 4. The summed E-state index contributed by atoms with van der Waals surface area (Å²) in [5, 5.41) is 4.85. The largest absolute Gasteiger partial charge is 0.353 e. The number of anilines is 1. The first-order valence-corrected chi connectivity index (χ1v) is 9.93. The Morgan fingerprint density at radius 2 is 1.80 bits per heavy atom. The van der Waals surface area contributed by atoms with Crippen LogP contribution in [0.3, 0.4) is 0 Å². The Bertz CT molecular complexity index is 1170. The molecule has 2 aromatic carbocycles. The van der Waals surface area contributed by atoms with Crippen LogP contribution >= 0.6 is 0 Å². The van der Waals surface area contributed by atoms with Gasteiger partial charge >= 0.3 is 0 Å². The Labute approximate surface area is 173 Å². The van der Waals surface area contributed by atoms with E-state index in [2.05, 4.69) is 29.9 Å². The quantitative estimate of drug-likeness (QED) is 0.516. The second kappa shape index (κ2) is 7.79. The molecular weight excluding hydrogens is 383 g/mol. The molecule has 1 aliphatic heterocycles. The maximum absolute atomic E-state index is 13.7. The van der Waals surface area contributed by atoms with E-state index in [4.69, 9.17) is 4.52 Å². The molecule has 0 unspecified atom stereocenters. The number of benzene rings is 2. The molecule has 0 bridgehead atoms. The molecule has 3 heterocycles. The second-order valence-electron chi connectivity index (χ2n) is 7.50. The summed E-state index contributed by atoms with van der Waals surface area (Å²) in [5.41, 5.74) is 2.89. The maximum atomic E-state index is 13.7. The number of aryl methyl sites for hydroxylation is 1. The third-order valence-corrected chi connectivity index (χ3v) is 5.38. The number of piperazine rings is 1. The van der Waals surface area contributed by atoms with Crippen molar-refractivity contribution in [2.24, 2.45) is 0 Å². The Kier molecular flexibility index (Phi) is 4.84. The van der Waals surface area contributed by atoms with E-state index in [1.807, 2.05) is 31.2 Å². The van der Waals surface area contributed by atoms with Crippen molar-refractivity contribution < 1.29 is 8.91 Å². The number of aromatic nitrogens is 4. The summed E-state index contributed by atoms with van der Waals surface area (Å²) in [6, 6.07) is 12.7. The van der Waals surface area contributed by atoms with Crippen molar-refractivity contribution in [1.82, 2.24) is 25.0 Å². The summed E-state index contributed by atoms with van der Waals surface area (Å²) in [6.07, 6.45) is 1.53. The number of nitrogens with zero attached hydrogens (tertiary/aromatic N) is 6. The lowest BCUT2D eigenvalue weighted by atomic mass is 10.1. The van der Waals surface area contributed by atoms with Gasteiger partial charge in [-0.3, -0.25) is 4.90 Å². The molecule has 0 spiro atoms. The summed E-state index contributed by atoms with van der Waals surface area (Å²) in [4.78, 5) is 17.6. The molecule has 30 heavy (non-hydrogen) atoms. The van der Waals surface area contributed by atoms with Gasteiger partial charge in [0.15, 0.2) is 0 Å². The zero-order valence-electron chi connectivity index (χ0n) is 16.6. The lowest BCUT2D eigenvalue weighted by Gasteiger charge is -2.35. The first-order chi connectivity index (χ1) is 14.7. The first-order valence-electron chi connectivity index (χ1n) is 9.93. The molecule has 8 heteroatoms. The summed E-state index contributed by atoms with van der Waals surface area (Å²) in [5.74, 6) is 1.71. The molecule has 7 nitrogen and oxygen atoms in total. The fourth-order valence-electron chi connectivity index (χ4n) is 3.72. The zero-order valence-corrected chi connectivity index (χ0v) is 16.6. The molecule has 0 radical (unpaired) electrons. The third-order valence-electron chi connectivity index (χ3n) is 5.38. The molecule has 0 amide bonds. The van der Waals surface area contributed by atoms with Crippen molar-refractivity contribution in [3.05, 3.63) is 66.1 Å². The van der Waals surface area contributed by atoms with Crippen LogP contribution in [0, 0.1) is 12.7 Å². The monoisotopic (exact) mass is 404 g/mol. The molecule has 4 aromatic rings. The highest BCUT2D eigenvalue weighted by Gasteiger charge is 2.22. The predicted molar refractivity (Wildman–Crippen MR) is 111 cm³/mol. The average Bonchev–Trinajstić information content (AvgIpc) is 3.23. The van der Waals surface area contributed by atoms with Crippen LogP contribution in [-0.2, 0) is 6.54 Å². The smallest absolute Gasteiger partial charge is 0.241 e. The Balaban J connectivity index is 1.25. The van der Waals surface area contributed by atoms with Crippen LogP contribution in [0.4, 0.5) is 10.2 Å². The van der Waals surface area contributed by atoms with Gasteiger partial charge in [-0.25, -0.2) is 14.4 Å². The van der Waals surface area contributed by atoms with Gasteiger partial charge in [0.25, 0.3) is 0 Å². The minimum absolute atomic E-state index is 0.280. The van der Waals surface area contributed by atoms with Crippen molar-refractivity contribution in [3.63, 3.8) is 0 Å². The van der Waals surface area contributed by atoms with Gasteiger partial charge in [-0.1, -0.05) is 35.0 Å². The minimum Gasteiger partial charge on any atom is -0.353 e. The molecular formula is C22H21FN6O. The fourth-order valence-corrected chi connectivity index (χ4v) is 3.72. The van der Waals surface area contributed by atoms with Gasteiger partial charge in [0.1, 0.15) is 18.0 Å². The van der Waals surface area contributed by atoms with Crippen molar-refractivity contribution in [1.29, 1.82) is 0 Å². The molecule has 0 N–H and O–H groups in total. The van der Waals surface area contributed by atoms with E-state index in [0.29, 0.717) is 18.3 Å². The van der Waals surface area contributed by atoms with E-state index in [1.165, 1.54) is 24.0 Å². The summed E-state index contributed by atoms with van der Waals surface area (Å²) < 4.78 is 19.2. The highest BCUT2D eigenvalue weighted by molar-refractivity contribution is 5.89. The van der Waals surface area contributed by atoms with Gasteiger partial charge in [-0.05, 0) is 25.1 Å². The Hall–Kier alpha value is -3.39. The van der Waals surface area contributed by atoms with Crippen molar-refractivity contribution >= 4 is 16.7 Å². The summed E-state index contributed by atoms with van der Waals surface area (Å²) in [7, 11) is 0. The van der Waals surface area contributed by atoms with Gasteiger partial charge in [-0.2, -0.15) is 4.98 Å². The van der Waals surface area contributed by atoms with E-state index in [9.17, 15) is 4.39 Å². The number of hydrogen-bond donors (Lipinski definition) is 0. The van der Waals surface area contributed by atoms with Gasteiger partial charge in [0.2, 0.25) is 11.7 Å². The van der Waals surface area contributed by atoms with E-state index in [0.717, 1.165) is 48.5 Å². The molecule has 1 aliphatic rings. The molecule has 152 valence electrons. The van der Waals surface area contributed by atoms with Crippen molar-refractivity contribution in [3.8, 4) is 11.4 Å². The molecule has 2 aromatic heterocycles. The Morgan fingerprint density at radius 1 is 1.00 bits per heavy atom. The maximum Gasteiger partial charge on any atom is 0.241 e. The first kappa shape index (κ1) is 18.6. The van der Waals surface area contributed by atoms with Crippen molar-refractivity contribution in [2.75, 3.05) is 31.1 Å². The highest BCUT2D eigenvalue weighted by atomic mass is 19.1. The zero-order chi connectivity index (χ0) is 20.5. The third kappa shape index (κ3) is 3.73. The lowest BCUT2D eigenvalue weighted by Crippen LogP contribution is -2.46. The molecule has 1 fully saturated rings. The summed E-state index contributed by atoms with van der Waals surface area (Å²) >= 11 is 0. The molecule has 5 rings (SSSR count). The van der Waals surface area contributed by atoms with Crippen LogP contribution in [0.5, 0.6) is 0 Å². The lowest BCUT2D eigenvalue weighted by molar-refractivity contribution is 0.215. The van der Waals surface area contributed by atoms with E-state index >= 15 is 0 Å². The van der Waals surface area contributed by atoms with Gasteiger partial charge < -0.3 is 9.42 Å². The van der Waals surface area contributed by atoms with Crippen LogP contribution in [0.15, 0.2) is 53.3 Å².